The fraction of sp³-hybridized carbons (Fsp3) is 0.294. The Balaban J connectivity index is 1.81. The largest absolute Gasteiger partial charge is 0.493 e. The highest BCUT2D eigenvalue weighted by molar-refractivity contribution is 8.00. The molecule has 7 nitrogen and oxygen atoms in total. The molecule has 1 unspecified atom stereocenters. The summed E-state index contributed by atoms with van der Waals surface area (Å²) in [6, 6.07) is 5.03. The lowest BCUT2D eigenvalue weighted by Gasteiger charge is -2.14. The number of benzene rings is 1. The van der Waals surface area contributed by atoms with Crippen molar-refractivity contribution in [2.45, 2.75) is 36.6 Å². The number of halogens is 1. The third-order valence-corrected chi connectivity index (χ3v) is 4.99. The zero-order valence-electron chi connectivity index (χ0n) is 13.9. The van der Waals surface area contributed by atoms with Gasteiger partial charge in [0.25, 0.3) is 5.56 Å². The van der Waals surface area contributed by atoms with E-state index in [0.717, 1.165) is 16.7 Å². The second kappa shape index (κ2) is 7.28. The molecular formula is C17H16FN3O4S. The number of aromatic nitrogens is 2. The summed E-state index contributed by atoms with van der Waals surface area (Å²) >= 11 is 0.907. The maximum atomic E-state index is 13.0. The van der Waals surface area contributed by atoms with Gasteiger partial charge in [-0.1, -0.05) is 25.1 Å². The number of H-pyrrole nitrogens is 1. The molecule has 3 rings (SSSR count). The van der Waals surface area contributed by atoms with Gasteiger partial charge >= 0.3 is 0 Å². The molecule has 2 aromatic rings. The van der Waals surface area contributed by atoms with E-state index in [-0.39, 0.29) is 28.7 Å². The maximum Gasteiger partial charge on any atom is 0.258 e. The van der Waals surface area contributed by atoms with Gasteiger partial charge in [0.1, 0.15) is 11.1 Å². The first kappa shape index (κ1) is 18.1. The van der Waals surface area contributed by atoms with E-state index in [1.165, 1.54) is 24.3 Å². The van der Waals surface area contributed by atoms with Crippen LogP contribution in [0.1, 0.15) is 25.3 Å². The summed E-state index contributed by atoms with van der Waals surface area (Å²) in [6.07, 6.45) is 0.980. The zero-order valence-corrected chi connectivity index (χ0v) is 14.7. The van der Waals surface area contributed by atoms with Gasteiger partial charge in [0.2, 0.25) is 17.7 Å². The Kier molecular flexibility index (Phi) is 5.08. The number of nitrogens with one attached hydrogen (secondary N) is 1. The molecule has 0 bridgehead atoms. The molecule has 1 aromatic heterocycles. The van der Waals surface area contributed by atoms with E-state index in [1.54, 1.807) is 0 Å². The van der Waals surface area contributed by atoms with Crippen LogP contribution in [0.25, 0.3) is 0 Å². The van der Waals surface area contributed by atoms with Crippen molar-refractivity contribution >= 4 is 29.3 Å². The Bertz CT molecular complexity index is 913. The minimum absolute atomic E-state index is 0.0689. The number of hydrogen-bond donors (Lipinski definition) is 2. The van der Waals surface area contributed by atoms with Crippen molar-refractivity contribution in [3.63, 3.8) is 0 Å². The number of anilines is 1. The van der Waals surface area contributed by atoms with E-state index in [4.69, 9.17) is 0 Å². The predicted octanol–water partition coefficient (Wildman–Crippen LogP) is 1.99. The van der Waals surface area contributed by atoms with Crippen molar-refractivity contribution in [2.75, 3.05) is 4.90 Å². The number of aromatic amines is 1. The molecule has 2 amide bonds. The van der Waals surface area contributed by atoms with Crippen LogP contribution in [0.4, 0.5) is 10.1 Å². The Morgan fingerprint density at radius 2 is 2.00 bits per heavy atom. The van der Waals surface area contributed by atoms with Crippen LogP contribution < -0.4 is 10.5 Å². The lowest BCUT2D eigenvalue weighted by Crippen LogP contribution is -2.31. The first-order chi connectivity index (χ1) is 12.4. The average Bonchev–Trinajstić information content (AvgIpc) is 2.86. The van der Waals surface area contributed by atoms with Crippen molar-refractivity contribution in [3.05, 3.63) is 46.0 Å². The van der Waals surface area contributed by atoms with Crippen LogP contribution in [0, 0.1) is 5.82 Å². The van der Waals surface area contributed by atoms with E-state index in [2.05, 4.69) is 9.97 Å². The number of carbonyl (C=O) groups is 2. The number of hydrogen-bond acceptors (Lipinski definition) is 6. The molecule has 26 heavy (non-hydrogen) atoms. The Morgan fingerprint density at radius 3 is 2.62 bits per heavy atom. The Hall–Kier alpha value is -2.68. The quantitative estimate of drug-likeness (QED) is 0.610. The number of thioether (sulfide) groups is 1. The summed E-state index contributed by atoms with van der Waals surface area (Å²) in [5, 5.41) is 9.19. The molecule has 1 atom stereocenters. The highest BCUT2D eigenvalue weighted by Crippen LogP contribution is 2.32. The van der Waals surface area contributed by atoms with Crippen molar-refractivity contribution in [3.8, 4) is 5.88 Å². The van der Waals surface area contributed by atoms with Crippen molar-refractivity contribution < 1.29 is 19.1 Å². The molecule has 136 valence electrons. The van der Waals surface area contributed by atoms with Gasteiger partial charge in [0.15, 0.2) is 5.16 Å². The molecule has 1 aliphatic rings. The van der Waals surface area contributed by atoms with Gasteiger partial charge < -0.3 is 10.1 Å². The first-order valence-electron chi connectivity index (χ1n) is 8.02. The van der Waals surface area contributed by atoms with Gasteiger partial charge in [0.05, 0.1) is 11.3 Å². The first-order valence-corrected chi connectivity index (χ1v) is 8.89. The fourth-order valence-electron chi connectivity index (χ4n) is 2.69. The van der Waals surface area contributed by atoms with Crippen molar-refractivity contribution in [1.29, 1.82) is 0 Å². The van der Waals surface area contributed by atoms with E-state index < -0.39 is 28.4 Å². The van der Waals surface area contributed by atoms with E-state index in [0.29, 0.717) is 12.8 Å². The highest BCUT2D eigenvalue weighted by Gasteiger charge is 2.40. The van der Waals surface area contributed by atoms with Crippen molar-refractivity contribution in [1.82, 2.24) is 9.97 Å². The second-order valence-electron chi connectivity index (χ2n) is 5.78. The maximum absolute atomic E-state index is 13.0. The van der Waals surface area contributed by atoms with E-state index >= 15 is 0 Å². The second-order valence-corrected chi connectivity index (χ2v) is 6.97. The zero-order chi connectivity index (χ0) is 18.8. The molecule has 2 N–H and O–H groups in total. The molecule has 9 heteroatoms. The van der Waals surface area contributed by atoms with E-state index in [1.807, 2.05) is 6.92 Å². The van der Waals surface area contributed by atoms with Crippen molar-refractivity contribution in [2.24, 2.45) is 0 Å². The number of imide groups is 1. The molecular weight excluding hydrogens is 361 g/mol. The SMILES string of the molecule is CCCc1c(O)nc(SC2CC(=O)N(c3ccc(F)cc3)C2=O)[nH]c1=O. The Morgan fingerprint density at radius 1 is 1.31 bits per heavy atom. The summed E-state index contributed by atoms with van der Waals surface area (Å²) in [5.74, 6) is -1.74. The van der Waals surface area contributed by atoms with Crippen LogP contribution in [0.3, 0.4) is 0 Å². The number of aromatic hydroxyl groups is 1. The van der Waals surface area contributed by atoms with Gasteiger partial charge in [-0.05, 0) is 30.7 Å². The third kappa shape index (κ3) is 3.48. The molecule has 1 saturated heterocycles. The molecule has 0 spiro atoms. The number of amides is 2. The Labute approximate surface area is 152 Å². The van der Waals surface area contributed by atoms with Crippen LogP contribution in [-0.2, 0) is 16.0 Å². The average molecular weight is 377 g/mol. The van der Waals surface area contributed by atoms with Gasteiger partial charge in [-0.2, -0.15) is 4.98 Å². The molecule has 0 aliphatic carbocycles. The molecule has 1 aliphatic heterocycles. The van der Waals surface area contributed by atoms with Crippen LogP contribution in [0.2, 0.25) is 0 Å². The lowest BCUT2D eigenvalue weighted by molar-refractivity contribution is -0.121. The summed E-state index contributed by atoms with van der Waals surface area (Å²) in [7, 11) is 0. The molecule has 1 fully saturated rings. The summed E-state index contributed by atoms with van der Waals surface area (Å²) < 4.78 is 13.0. The number of carbonyl (C=O) groups excluding carboxylic acids is 2. The minimum atomic E-state index is -0.785. The smallest absolute Gasteiger partial charge is 0.258 e. The monoisotopic (exact) mass is 377 g/mol. The summed E-state index contributed by atoms with van der Waals surface area (Å²) in [5.41, 5.74) is 0.0136. The van der Waals surface area contributed by atoms with Crippen LogP contribution in [0.5, 0.6) is 5.88 Å². The van der Waals surface area contributed by atoms with Crippen LogP contribution >= 0.6 is 11.8 Å². The molecule has 1 aromatic carbocycles. The standard InChI is InChI=1S/C17H16FN3O4S/c1-2-3-11-14(23)19-17(20-15(11)24)26-12-8-13(22)21(16(12)25)10-6-4-9(18)5-7-10/h4-7,12H,2-3,8H2,1H3,(H2,19,20,23,24). The number of rotatable bonds is 5. The van der Waals surface area contributed by atoms with Gasteiger partial charge in [-0.25, -0.2) is 9.29 Å². The molecule has 0 saturated carbocycles. The van der Waals surface area contributed by atoms with Gasteiger partial charge in [-0.3, -0.25) is 14.4 Å². The van der Waals surface area contributed by atoms with E-state index in [9.17, 15) is 23.9 Å². The number of nitrogens with zero attached hydrogens (tertiary/aromatic N) is 2. The third-order valence-electron chi connectivity index (χ3n) is 3.92. The lowest BCUT2D eigenvalue weighted by atomic mass is 10.2. The predicted molar refractivity (Wildman–Crippen MR) is 93.7 cm³/mol. The highest BCUT2D eigenvalue weighted by atomic mass is 32.2. The van der Waals surface area contributed by atoms with Crippen LogP contribution in [-0.4, -0.2) is 32.1 Å². The topological polar surface area (TPSA) is 103 Å². The minimum Gasteiger partial charge on any atom is -0.493 e. The van der Waals surface area contributed by atoms with Gasteiger partial charge in [-0.15, -0.1) is 0 Å². The molecule has 0 radical (unpaired) electrons. The summed E-state index contributed by atoms with van der Waals surface area (Å²) in [6.45, 7) is 1.87. The molecule has 2 heterocycles. The summed E-state index contributed by atoms with van der Waals surface area (Å²) in [4.78, 5) is 44.2. The van der Waals surface area contributed by atoms with Gasteiger partial charge in [0, 0.05) is 6.42 Å². The normalized spacial score (nSPS) is 17.2. The fourth-order valence-corrected chi connectivity index (χ4v) is 3.68. The van der Waals surface area contributed by atoms with Crippen LogP contribution in [0.15, 0.2) is 34.2 Å².